The van der Waals surface area contributed by atoms with Crippen LogP contribution in [0.5, 0.6) is 0 Å². The summed E-state index contributed by atoms with van der Waals surface area (Å²) in [7, 11) is 0. The first-order chi connectivity index (χ1) is 40.5. The smallest absolute Gasteiger partial charge is 0.0708 e. The van der Waals surface area contributed by atoms with Crippen LogP contribution in [0.15, 0.2) is 298 Å². The standard InChI is InChI=1S/C76H56N6/c1-52(2)76-74(80(62-40-36-57(37-41-62)59-21-16-45-77-50-59)61-38-34-56(35-39-61)55-32-30-54(31-33-55)53-17-5-3-6-18-53)47-60(66-44-46-78-71-27-12-9-24-67(66)71)48-75(76)81(65-42-43-70(79-51-65)58-19-7-4-8-20-58)63-22-15-23-64(49-63)82-72-28-13-10-25-68(72)69-26-11-14-29-73(69)82/h3-52H,1-2H3. The quantitative estimate of drug-likeness (QED) is 0.115. The first-order valence-electron chi connectivity index (χ1n) is 28.0. The fourth-order valence-electron chi connectivity index (χ4n) is 11.8. The summed E-state index contributed by atoms with van der Waals surface area (Å²) in [6.45, 7) is 4.64. The Morgan fingerprint density at radius 2 is 0.854 bits per heavy atom. The summed E-state index contributed by atoms with van der Waals surface area (Å²) < 4.78 is 2.40. The second kappa shape index (κ2) is 21.5. The second-order valence-corrected chi connectivity index (χ2v) is 21.1. The highest BCUT2D eigenvalue weighted by Gasteiger charge is 2.28. The van der Waals surface area contributed by atoms with Crippen LogP contribution in [-0.2, 0) is 0 Å². The van der Waals surface area contributed by atoms with E-state index in [0.717, 1.165) is 112 Å². The average molecular weight is 1050 g/mol. The third kappa shape index (κ3) is 9.32. The van der Waals surface area contributed by atoms with E-state index in [9.17, 15) is 0 Å². The highest BCUT2D eigenvalue weighted by Crippen LogP contribution is 2.51. The first kappa shape index (κ1) is 49.6. The minimum absolute atomic E-state index is 0.0207. The third-order valence-corrected chi connectivity index (χ3v) is 15.7. The Morgan fingerprint density at radius 3 is 1.44 bits per heavy atom. The molecule has 6 nitrogen and oxygen atoms in total. The van der Waals surface area contributed by atoms with Crippen LogP contribution in [0.4, 0.5) is 34.1 Å². The third-order valence-electron chi connectivity index (χ3n) is 15.7. The minimum atomic E-state index is 0.0207. The molecule has 0 aliphatic carbocycles. The number of rotatable bonds is 13. The molecule has 6 heteroatoms. The number of nitrogens with zero attached hydrogens (tertiary/aromatic N) is 6. The molecule has 0 bridgehead atoms. The lowest BCUT2D eigenvalue weighted by Gasteiger charge is -2.35. The van der Waals surface area contributed by atoms with Gasteiger partial charge in [-0.3, -0.25) is 15.0 Å². The van der Waals surface area contributed by atoms with Gasteiger partial charge in [-0.1, -0.05) is 190 Å². The molecule has 0 atom stereocenters. The van der Waals surface area contributed by atoms with Crippen LogP contribution in [0.2, 0.25) is 0 Å². The van der Waals surface area contributed by atoms with Gasteiger partial charge in [-0.2, -0.15) is 0 Å². The Balaban J connectivity index is 1.02. The lowest BCUT2D eigenvalue weighted by molar-refractivity contribution is 0.862. The fraction of sp³-hybridized carbons (Fsp3) is 0.0395. The number of benzene rings is 10. The van der Waals surface area contributed by atoms with Crippen LogP contribution in [-0.4, -0.2) is 19.5 Å². The largest absolute Gasteiger partial charge is 0.310 e. The van der Waals surface area contributed by atoms with Crippen LogP contribution in [0.25, 0.3) is 94.2 Å². The maximum Gasteiger partial charge on any atom is 0.0708 e. The molecule has 10 aromatic carbocycles. The Labute approximate surface area is 478 Å². The lowest BCUT2D eigenvalue weighted by Crippen LogP contribution is -2.18. The summed E-state index contributed by atoms with van der Waals surface area (Å²) in [5.41, 5.74) is 22.4. The molecule has 4 heterocycles. The summed E-state index contributed by atoms with van der Waals surface area (Å²) >= 11 is 0. The van der Waals surface area contributed by atoms with E-state index < -0.39 is 0 Å². The molecular weight excluding hydrogens is 997 g/mol. The maximum atomic E-state index is 5.24. The topological polar surface area (TPSA) is 50.1 Å². The predicted octanol–water partition coefficient (Wildman–Crippen LogP) is 20.5. The number of pyridine rings is 3. The van der Waals surface area contributed by atoms with Gasteiger partial charge in [-0.25, -0.2) is 0 Å². The fourth-order valence-corrected chi connectivity index (χ4v) is 11.8. The highest BCUT2D eigenvalue weighted by atomic mass is 15.2. The molecule has 0 saturated carbocycles. The first-order valence-corrected chi connectivity index (χ1v) is 28.0. The van der Waals surface area contributed by atoms with E-state index in [-0.39, 0.29) is 5.92 Å². The van der Waals surface area contributed by atoms with Gasteiger partial charge in [0.1, 0.15) is 0 Å². The molecule has 0 spiro atoms. The Bertz CT molecular complexity index is 4500. The molecule has 0 saturated heterocycles. The van der Waals surface area contributed by atoms with Gasteiger partial charge in [0.25, 0.3) is 0 Å². The van der Waals surface area contributed by atoms with Crippen molar-refractivity contribution in [3.8, 4) is 61.5 Å². The molecule has 0 unspecified atom stereocenters. The van der Waals surface area contributed by atoms with Crippen LogP contribution >= 0.6 is 0 Å². The van der Waals surface area contributed by atoms with Crippen molar-refractivity contribution in [3.05, 3.63) is 303 Å². The van der Waals surface area contributed by atoms with Crippen LogP contribution < -0.4 is 9.80 Å². The van der Waals surface area contributed by atoms with Gasteiger partial charge in [0, 0.05) is 68.6 Å². The minimum Gasteiger partial charge on any atom is -0.310 e. The zero-order valence-corrected chi connectivity index (χ0v) is 45.6. The van der Waals surface area contributed by atoms with Gasteiger partial charge >= 0.3 is 0 Å². The molecule has 14 aromatic rings. The Kier molecular flexibility index (Phi) is 13.0. The van der Waals surface area contributed by atoms with Gasteiger partial charge in [0.2, 0.25) is 0 Å². The van der Waals surface area contributed by atoms with Crippen molar-refractivity contribution < 1.29 is 0 Å². The zero-order valence-electron chi connectivity index (χ0n) is 45.6. The number of fused-ring (bicyclic) bond motifs is 4. The Hall–Kier alpha value is -10.7. The molecule has 0 amide bonds. The molecule has 0 fully saturated rings. The molecule has 390 valence electrons. The average Bonchev–Trinajstić information content (AvgIpc) is 3.99. The summed E-state index contributed by atoms with van der Waals surface area (Å²) in [6.07, 6.45) is 7.72. The van der Waals surface area contributed by atoms with Crippen molar-refractivity contribution in [3.63, 3.8) is 0 Å². The van der Waals surface area contributed by atoms with E-state index in [1.807, 2.05) is 36.9 Å². The van der Waals surface area contributed by atoms with E-state index in [2.05, 4.69) is 294 Å². The summed E-state index contributed by atoms with van der Waals surface area (Å²) in [4.78, 5) is 19.5. The van der Waals surface area contributed by atoms with Gasteiger partial charge in [-0.15, -0.1) is 0 Å². The van der Waals surface area contributed by atoms with Crippen molar-refractivity contribution in [2.75, 3.05) is 9.80 Å². The number of hydrogen-bond donors (Lipinski definition) is 0. The highest BCUT2D eigenvalue weighted by molar-refractivity contribution is 6.09. The predicted molar refractivity (Wildman–Crippen MR) is 342 cm³/mol. The van der Waals surface area contributed by atoms with Crippen LogP contribution in [0, 0.1) is 0 Å². The van der Waals surface area contributed by atoms with Crippen molar-refractivity contribution in [1.29, 1.82) is 0 Å². The number of aromatic nitrogens is 4. The maximum absolute atomic E-state index is 5.24. The van der Waals surface area contributed by atoms with Gasteiger partial charge in [0.05, 0.1) is 45.5 Å². The number of anilines is 6. The normalized spacial score (nSPS) is 11.4. The molecule has 0 N–H and O–H groups in total. The van der Waals surface area contributed by atoms with Gasteiger partial charge in [0.15, 0.2) is 0 Å². The second-order valence-electron chi connectivity index (χ2n) is 21.1. The molecule has 0 radical (unpaired) electrons. The van der Waals surface area contributed by atoms with Crippen molar-refractivity contribution >= 4 is 66.8 Å². The van der Waals surface area contributed by atoms with E-state index in [1.165, 1.54) is 21.9 Å². The van der Waals surface area contributed by atoms with Gasteiger partial charge < -0.3 is 14.4 Å². The monoisotopic (exact) mass is 1050 g/mol. The van der Waals surface area contributed by atoms with E-state index >= 15 is 0 Å². The molecule has 4 aromatic heterocycles. The van der Waals surface area contributed by atoms with E-state index in [1.54, 1.807) is 0 Å². The molecule has 14 rings (SSSR count). The lowest BCUT2D eigenvalue weighted by atomic mass is 9.91. The molecule has 0 aliphatic heterocycles. The van der Waals surface area contributed by atoms with Crippen LogP contribution in [0.3, 0.4) is 0 Å². The summed E-state index contributed by atoms with van der Waals surface area (Å²) in [6, 6.07) is 98.1. The summed E-state index contributed by atoms with van der Waals surface area (Å²) in [5, 5.41) is 3.50. The SMILES string of the molecule is CC(C)c1c(N(c2ccc(-c3ccc(-c4ccccc4)cc3)cc2)c2ccc(-c3cccnc3)cc2)cc(-c2ccnc3ccccc23)cc1N(c1ccc(-c2ccccc2)nc1)c1cccc(-n2c3ccccc3c3ccccc32)c1. The summed E-state index contributed by atoms with van der Waals surface area (Å²) in [5.74, 6) is 0.0207. The van der Waals surface area contributed by atoms with Crippen molar-refractivity contribution in [1.82, 2.24) is 19.5 Å². The van der Waals surface area contributed by atoms with E-state index in [0.29, 0.717) is 0 Å². The number of hydrogen-bond acceptors (Lipinski definition) is 5. The van der Waals surface area contributed by atoms with Gasteiger partial charge in [-0.05, 0) is 147 Å². The molecule has 82 heavy (non-hydrogen) atoms. The molecular formula is C76H56N6. The van der Waals surface area contributed by atoms with E-state index in [4.69, 9.17) is 9.97 Å². The zero-order chi connectivity index (χ0) is 54.9. The molecule has 0 aliphatic rings. The Morgan fingerprint density at radius 1 is 0.341 bits per heavy atom. The van der Waals surface area contributed by atoms with Crippen molar-refractivity contribution in [2.45, 2.75) is 19.8 Å². The number of para-hydroxylation sites is 3. The van der Waals surface area contributed by atoms with Crippen molar-refractivity contribution in [2.24, 2.45) is 0 Å². The van der Waals surface area contributed by atoms with Crippen LogP contribution in [0.1, 0.15) is 25.3 Å².